The van der Waals surface area contributed by atoms with Gasteiger partial charge in [0.2, 0.25) is 5.28 Å². The van der Waals surface area contributed by atoms with Gasteiger partial charge in [0.25, 0.3) is 0 Å². The molecule has 3 fully saturated rings. The molecule has 3 aromatic rings. The summed E-state index contributed by atoms with van der Waals surface area (Å²) in [6.45, 7) is 18.7. The largest absolute Gasteiger partial charge is 0.366 e. The van der Waals surface area contributed by atoms with Crippen LogP contribution in [0.1, 0.15) is 78.3 Å². The van der Waals surface area contributed by atoms with Gasteiger partial charge in [-0.1, -0.05) is 23.8 Å². The zero-order valence-electron chi connectivity index (χ0n) is 29.0. The number of anilines is 1. The van der Waals surface area contributed by atoms with Gasteiger partial charge in [0, 0.05) is 0 Å². The van der Waals surface area contributed by atoms with E-state index in [0.29, 0.717) is 31.2 Å². The minimum Gasteiger partial charge on any atom is -0.366 e. The predicted octanol–water partition coefficient (Wildman–Crippen LogP) is 6.25. The number of hydrogen-bond acceptors (Lipinski definition) is 12. The summed E-state index contributed by atoms with van der Waals surface area (Å²) in [4.78, 5) is 11.3. The summed E-state index contributed by atoms with van der Waals surface area (Å²) in [6.07, 6.45) is -0.834. The Morgan fingerprint density at radius 2 is 1.73 bits per heavy atom. The highest BCUT2D eigenvalue weighted by molar-refractivity contribution is 7.53. The highest BCUT2D eigenvalue weighted by atomic mass is 35.5. The van der Waals surface area contributed by atoms with Gasteiger partial charge < -0.3 is 37.6 Å². The first-order valence-corrected chi connectivity index (χ1v) is 18.4. The quantitative estimate of drug-likeness (QED) is 0.194. The van der Waals surface area contributed by atoms with E-state index in [1.807, 2.05) is 55.4 Å². The van der Waals surface area contributed by atoms with E-state index in [1.165, 1.54) is 16.7 Å². The summed E-state index contributed by atoms with van der Waals surface area (Å²) in [7, 11) is -3.63. The second-order valence-corrected chi connectivity index (χ2v) is 17.8. The summed E-state index contributed by atoms with van der Waals surface area (Å²) in [5.41, 5.74) is 2.40. The van der Waals surface area contributed by atoms with E-state index in [-0.39, 0.29) is 23.8 Å². The second kappa shape index (κ2) is 11.7. The van der Waals surface area contributed by atoms with Crippen LogP contribution in [0.5, 0.6) is 0 Å². The lowest BCUT2D eigenvalue weighted by Crippen LogP contribution is -2.59. The van der Waals surface area contributed by atoms with Crippen molar-refractivity contribution in [1.82, 2.24) is 19.7 Å². The molecule has 15 heteroatoms. The van der Waals surface area contributed by atoms with E-state index in [0.717, 1.165) is 5.39 Å². The Morgan fingerprint density at radius 3 is 2.42 bits per heavy atom. The maximum absolute atomic E-state index is 13.7. The molecule has 1 spiro atoms. The fraction of sp³-hybridized carbons (Fsp3) is 0.667. The lowest BCUT2D eigenvalue weighted by Gasteiger charge is -2.48. The molecule has 3 saturated heterocycles. The molecule has 0 amide bonds. The Labute approximate surface area is 286 Å². The van der Waals surface area contributed by atoms with Crippen LogP contribution >= 0.6 is 19.2 Å². The molecular formula is C33H45ClN5O8P. The molecule has 0 N–H and O–H groups in total. The van der Waals surface area contributed by atoms with Crippen molar-refractivity contribution >= 4 is 36.0 Å². The zero-order chi connectivity index (χ0) is 34.4. The number of nitrogens with zero attached hydrogens (tertiary/aromatic N) is 5. The molecule has 13 nitrogen and oxygen atoms in total. The van der Waals surface area contributed by atoms with Crippen molar-refractivity contribution in [2.75, 3.05) is 30.9 Å². The smallest absolute Gasteiger partial charge is 0.357 e. The molecular weight excluding hydrogens is 661 g/mol. The predicted molar refractivity (Wildman–Crippen MR) is 178 cm³/mol. The van der Waals surface area contributed by atoms with Crippen LogP contribution in [0.4, 0.5) is 5.82 Å². The minimum absolute atomic E-state index is 0.0547. The van der Waals surface area contributed by atoms with Crippen LogP contribution < -0.4 is 4.90 Å². The Hall–Kier alpha value is -2.19. The number of benzene rings is 1. The fourth-order valence-corrected chi connectivity index (χ4v) is 9.35. The SMILES string of the molecule is Cc1ccc2c(c1)COC21CN(c2nc(Cl)nc3c2cnn3[C@@H]2O[C@H](COCP(=O)(OC(C)(C)C)OC(C)(C)C)[C@H]3OC(C)(C)O[C@H]32)C1. The molecule has 4 atom stereocenters. The lowest BCUT2D eigenvalue weighted by atomic mass is 9.84. The van der Waals surface area contributed by atoms with Crippen LogP contribution in [0.25, 0.3) is 11.0 Å². The fourth-order valence-electron chi connectivity index (χ4n) is 7.05. The average Bonchev–Trinajstić information content (AvgIpc) is 3.65. The summed E-state index contributed by atoms with van der Waals surface area (Å²) < 4.78 is 58.6. The van der Waals surface area contributed by atoms with E-state index in [4.69, 9.17) is 49.4 Å². The minimum atomic E-state index is -3.63. The van der Waals surface area contributed by atoms with Crippen molar-refractivity contribution in [3.05, 3.63) is 46.4 Å². The Bertz CT molecular complexity index is 1740. The van der Waals surface area contributed by atoms with E-state index in [1.54, 1.807) is 10.9 Å². The summed E-state index contributed by atoms with van der Waals surface area (Å²) in [5, 5.41) is 5.53. The topological polar surface area (TPSA) is 129 Å². The highest BCUT2D eigenvalue weighted by Gasteiger charge is 2.57. The molecule has 1 aromatic carbocycles. The van der Waals surface area contributed by atoms with Crippen molar-refractivity contribution in [3.63, 3.8) is 0 Å². The number of halogens is 1. The van der Waals surface area contributed by atoms with Gasteiger partial charge in [-0.2, -0.15) is 15.1 Å². The van der Waals surface area contributed by atoms with E-state index < -0.39 is 49.1 Å². The van der Waals surface area contributed by atoms with E-state index in [2.05, 4.69) is 40.0 Å². The molecule has 6 heterocycles. The number of hydrogen-bond donors (Lipinski definition) is 0. The molecule has 262 valence electrons. The third kappa shape index (κ3) is 6.54. The van der Waals surface area contributed by atoms with Gasteiger partial charge in [0.15, 0.2) is 17.7 Å². The van der Waals surface area contributed by atoms with Gasteiger partial charge in [-0.3, -0.25) is 4.57 Å². The van der Waals surface area contributed by atoms with Crippen molar-refractivity contribution in [2.45, 2.75) is 116 Å². The monoisotopic (exact) mass is 705 g/mol. The first-order chi connectivity index (χ1) is 22.3. The molecule has 7 rings (SSSR count). The lowest BCUT2D eigenvalue weighted by molar-refractivity contribution is -0.202. The summed E-state index contributed by atoms with van der Waals surface area (Å²) in [5.74, 6) is -0.198. The van der Waals surface area contributed by atoms with Crippen LogP contribution in [0.3, 0.4) is 0 Å². The number of ether oxygens (including phenoxy) is 5. The van der Waals surface area contributed by atoms with Crippen LogP contribution in [-0.4, -0.2) is 81.1 Å². The van der Waals surface area contributed by atoms with Crippen molar-refractivity contribution in [1.29, 1.82) is 0 Å². The first kappa shape index (κ1) is 34.3. The third-order valence-electron chi connectivity index (χ3n) is 8.58. The normalized spacial score (nSPS) is 26.3. The van der Waals surface area contributed by atoms with Crippen LogP contribution in [0, 0.1) is 6.92 Å². The average molecular weight is 706 g/mol. The van der Waals surface area contributed by atoms with Crippen LogP contribution in [-0.2, 0) is 49.5 Å². The molecule has 48 heavy (non-hydrogen) atoms. The zero-order valence-corrected chi connectivity index (χ0v) is 30.6. The van der Waals surface area contributed by atoms with Gasteiger partial charge in [0.1, 0.15) is 36.1 Å². The number of aromatic nitrogens is 4. The third-order valence-corrected chi connectivity index (χ3v) is 10.9. The maximum Gasteiger partial charge on any atom is 0.357 e. The Morgan fingerprint density at radius 1 is 1.04 bits per heavy atom. The van der Waals surface area contributed by atoms with Crippen LogP contribution in [0.15, 0.2) is 24.4 Å². The second-order valence-electron chi connectivity index (χ2n) is 15.6. The van der Waals surface area contributed by atoms with Crippen LogP contribution in [0.2, 0.25) is 5.28 Å². The molecule has 2 aromatic heterocycles. The van der Waals surface area contributed by atoms with Gasteiger partial charge >= 0.3 is 7.60 Å². The molecule has 0 aliphatic carbocycles. The number of fused-ring (bicyclic) bond motifs is 4. The van der Waals surface area contributed by atoms with Crippen molar-refractivity contribution in [3.8, 4) is 0 Å². The number of aryl methyl sites for hydroxylation is 1. The summed E-state index contributed by atoms with van der Waals surface area (Å²) in [6, 6.07) is 6.49. The maximum atomic E-state index is 13.7. The highest BCUT2D eigenvalue weighted by Crippen LogP contribution is 2.55. The van der Waals surface area contributed by atoms with Crippen molar-refractivity contribution < 1.29 is 37.3 Å². The van der Waals surface area contributed by atoms with Gasteiger partial charge in [-0.05, 0) is 85.0 Å². The molecule has 0 bridgehead atoms. The molecule has 4 aliphatic rings. The number of rotatable bonds is 8. The Kier molecular flexibility index (Phi) is 8.34. The van der Waals surface area contributed by atoms with E-state index in [9.17, 15) is 4.57 Å². The molecule has 0 radical (unpaired) electrons. The van der Waals surface area contributed by atoms with E-state index >= 15 is 0 Å². The first-order valence-electron chi connectivity index (χ1n) is 16.3. The van der Waals surface area contributed by atoms with Gasteiger partial charge in [-0.15, -0.1) is 0 Å². The van der Waals surface area contributed by atoms with Crippen molar-refractivity contribution in [2.24, 2.45) is 0 Å². The molecule has 0 unspecified atom stereocenters. The molecule has 0 saturated carbocycles. The standard InChI is InChI=1S/C33H45ClN5O8P/c1-19-10-11-22-20(12-19)14-42-33(22)16-38(17-33)26-21-13-35-39(27(21)37-29(34)36-26)28-25-24(44-32(8,9)45-25)23(43-28)15-41-18-48(40,46-30(2,3)4)47-31(5,6)7/h10-13,23-25,28H,14-18H2,1-9H3/t23-,24-,25-,28-/m1/s1. The summed E-state index contributed by atoms with van der Waals surface area (Å²) >= 11 is 6.53. The van der Waals surface area contributed by atoms with Gasteiger partial charge in [0.05, 0.1) is 49.1 Å². The Balaban J connectivity index is 1.11. The van der Waals surface area contributed by atoms with Gasteiger partial charge in [-0.25, -0.2) is 4.68 Å². The molecule has 4 aliphatic heterocycles.